The summed E-state index contributed by atoms with van der Waals surface area (Å²) >= 11 is 1.03. The van der Waals surface area contributed by atoms with Gasteiger partial charge in [0.25, 0.3) is 0 Å². The van der Waals surface area contributed by atoms with Crippen LogP contribution in [0.4, 0.5) is 0 Å². The zero-order valence-corrected chi connectivity index (χ0v) is 19.5. The third-order valence-corrected chi connectivity index (χ3v) is 8.22. The summed E-state index contributed by atoms with van der Waals surface area (Å²) in [5.41, 5.74) is 5.22. The van der Waals surface area contributed by atoms with Gasteiger partial charge in [-0.05, 0) is 37.6 Å². The smallest absolute Gasteiger partial charge is 0.245 e. The van der Waals surface area contributed by atoms with Crippen LogP contribution in [0.1, 0.15) is 16.8 Å². The lowest BCUT2D eigenvalue weighted by molar-refractivity contribution is 0.180. The molecule has 0 atom stereocenters. The Kier molecular flexibility index (Phi) is 5.54. The largest absolute Gasteiger partial charge is 0.444 e. The maximum atomic E-state index is 13.2. The Morgan fingerprint density at radius 3 is 2.66 bits per heavy atom. The van der Waals surface area contributed by atoms with E-state index in [9.17, 15) is 8.42 Å². The summed E-state index contributed by atoms with van der Waals surface area (Å²) in [5.74, 6) is 0.615. The highest BCUT2D eigenvalue weighted by atomic mass is 32.2. The second-order valence-corrected chi connectivity index (χ2v) is 10.5. The van der Waals surface area contributed by atoms with Crippen LogP contribution in [0, 0.1) is 13.8 Å². The highest BCUT2D eigenvalue weighted by Crippen LogP contribution is 2.26. The molecule has 0 spiro atoms. The van der Waals surface area contributed by atoms with Crippen LogP contribution < -0.4 is 0 Å². The van der Waals surface area contributed by atoms with Crippen molar-refractivity contribution in [2.75, 3.05) is 26.2 Å². The predicted molar refractivity (Wildman–Crippen MR) is 123 cm³/mol. The minimum absolute atomic E-state index is 0.229. The molecular weight excluding hydrogens is 446 g/mol. The highest BCUT2D eigenvalue weighted by Gasteiger charge is 2.31. The summed E-state index contributed by atoms with van der Waals surface area (Å²) in [4.78, 5) is 7.08. The van der Waals surface area contributed by atoms with E-state index in [0.29, 0.717) is 49.6 Å². The highest BCUT2D eigenvalue weighted by molar-refractivity contribution is 7.89. The Morgan fingerprint density at radius 2 is 1.88 bits per heavy atom. The molecule has 0 aliphatic carbocycles. The number of hydrogen-bond donors (Lipinski definition) is 0. The molecule has 1 fully saturated rings. The van der Waals surface area contributed by atoms with Gasteiger partial charge in [-0.25, -0.2) is 13.4 Å². The van der Waals surface area contributed by atoms with E-state index in [1.807, 2.05) is 19.1 Å². The van der Waals surface area contributed by atoms with E-state index in [-0.39, 0.29) is 4.90 Å². The molecule has 0 amide bonds. The summed E-state index contributed by atoms with van der Waals surface area (Å²) in [6.45, 7) is 6.80. The van der Waals surface area contributed by atoms with Crippen LogP contribution in [0.15, 0.2) is 52.0 Å². The van der Waals surface area contributed by atoms with Crippen LogP contribution in [0.25, 0.3) is 22.5 Å². The van der Waals surface area contributed by atoms with Gasteiger partial charge in [-0.15, -0.1) is 0 Å². The summed E-state index contributed by atoms with van der Waals surface area (Å²) in [5, 5.41) is 0. The van der Waals surface area contributed by atoms with Gasteiger partial charge < -0.3 is 4.42 Å². The van der Waals surface area contributed by atoms with E-state index >= 15 is 0 Å². The van der Waals surface area contributed by atoms with E-state index < -0.39 is 10.0 Å². The van der Waals surface area contributed by atoms with Gasteiger partial charge in [0.15, 0.2) is 0 Å². The monoisotopic (exact) mass is 469 g/mol. The van der Waals surface area contributed by atoms with Crippen LogP contribution >= 0.6 is 11.7 Å². The zero-order chi connectivity index (χ0) is 22.3. The van der Waals surface area contributed by atoms with Gasteiger partial charge in [-0.2, -0.15) is 13.1 Å². The van der Waals surface area contributed by atoms with Crippen LogP contribution in [0.3, 0.4) is 0 Å². The van der Waals surface area contributed by atoms with Crippen molar-refractivity contribution in [1.82, 2.24) is 22.9 Å². The minimum Gasteiger partial charge on any atom is -0.444 e. The van der Waals surface area contributed by atoms with Crippen LogP contribution in [-0.4, -0.2) is 57.5 Å². The van der Waals surface area contributed by atoms with Crippen molar-refractivity contribution in [3.63, 3.8) is 0 Å². The van der Waals surface area contributed by atoms with E-state index in [2.05, 4.69) is 31.6 Å². The Hall–Kier alpha value is -2.66. The van der Waals surface area contributed by atoms with Crippen molar-refractivity contribution >= 4 is 32.8 Å². The molecular formula is C22H23N5O3S2. The molecule has 1 aliphatic heterocycles. The van der Waals surface area contributed by atoms with Crippen molar-refractivity contribution < 1.29 is 12.8 Å². The Labute approximate surface area is 190 Å². The summed E-state index contributed by atoms with van der Waals surface area (Å²) in [7, 11) is -3.62. The zero-order valence-electron chi connectivity index (χ0n) is 17.9. The molecule has 166 valence electrons. The first-order valence-electron chi connectivity index (χ1n) is 10.4. The van der Waals surface area contributed by atoms with Gasteiger partial charge in [0.1, 0.15) is 22.2 Å². The molecule has 1 aliphatic rings. The quantitative estimate of drug-likeness (QED) is 0.442. The number of rotatable bonds is 5. The van der Waals surface area contributed by atoms with E-state index in [1.165, 1.54) is 9.87 Å². The lowest BCUT2D eigenvalue weighted by Crippen LogP contribution is -2.48. The molecule has 5 rings (SSSR count). The maximum Gasteiger partial charge on any atom is 0.245 e. The fourth-order valence-corrected chi connectivity index (χ4v) is 6.22. The fourth-order valence-electron chi connectivity index (χ4n) is 4.04. The predicted octanol–water partition coefficient (Wildman–Crippen LogP) is 3.47. The van der Waals surface area contributed by atoms with Gasteiger partial charge in [0, 0.05) is 38.3 Å². The van der Waals surface area contributed by atoms with Gasteiger partial charge in [0.05, 0.1) is 17.4 Å². The lowest BCUT2D eigenvalue weighted by atomic mass is 10.1. The summed E-state index contributed by atoms with van der Waals surface area (Å²) in [6.07, 6.45) is 1.69. The number of sulfonamides is 1. The van der Waals surface area contributed by atoms with E-state index in [4.69, 9.17) is 4.42 Å². The van der Waals surface area contributed by atoms with E-state index in [1.54, 1.807) is 24.5 Å². The van der Waals surface area contributed by atoms with Crippen LogP contribution in [0.5, 0.6) is 0 Å². The standard InChI is InChI=1S/C22H23N5O3S2/c1-15-6-7-18(16(2)12-15)22-23-17(14-30-22)13-26-8-10-27(11-9-26)32(28,29)20-5-3-4-19-21(20)25-31-24-19/h3-7,12,14H,8-11,13H2,1-2H3. The maximum absolute atomic E-state index is 13.2. The Bertz CT molecular complexity index is 1370. The third-order valence-electron chi connectivity index (χ3n) is 5.75. The van der Waals surface area contributed by atoms with Crippen LogP contribution in [-0.2, 0) is 16.6 Å². The number of fused-ring (bicyclic) bond motifs is 1. The SMILES string of the molecule is Cc1ccc(-c2nc(CN3CCN(S(=O)(=O)c4cccc5nsnc45)CC3)co2)c(C)c1. The number of oxazole rings is 1. The first-order chi connectivity index (χ1) is 15.4. The molecule has 1 saturated heterocycles. The first kappa shape index (κ1) is 21.2. The average molecular weight is 470 g/mol. The van der Waals surface area contributed by atoms with Gasteiger partial charge in [0.2, 0.25) is 15.9 Å². The molecule has 32 heavy (non-hydrogen) atoms. The number of hydrogen-bond acceptors (Lipinski definition) is 8. The number of piperazine rings is 1. The molecule has 2 aromatic carbocycles. The number of aryl methyl sites for hydroxylation is 2. The van der Waals surface area contributed by atoms with E-state index in [0.717, 1.165) is 28.5 Å². The topological polar surface area (TPSA) is 92.4 Å². The fraction of sp³-hybridized carbons (Fsp3) is 0.318. The van der Waals surface area contributed by atoms with Crippen molar-refractivity contribution in [3.8, 4) is 11.5 Å². The molecule has 10 heteroatoms. The number of aromatic nitrogens is 3. The molecule has 0 unspecified atom stereocenters. The average Bonchev–Trinajstić information content (AvgIpc) is 3.43. The second kappa shape index (κ2) is 8.36. The molecule has 2 aromatic heterocycles. The van der Waals surface area contributed by atoms with Crippen molar-refractivity contribution in [1.29, 1.82) is 0 Å². The lowest BCUT2D eigenvalue weighted by Gasteiger charge is -2.33. The number of benzene rings is 2. The second-order valence-electron chi connectivity index (χ2n) is 8.03. The third kappa shape index (κ3) is 3.95. The summed E-state index contributed by atoms with van der Waals surface area (Å²) < 4.78 is 42.0. The Morgan fingerprint density at radius 1 is 1.06 bits per heavy atom. The summed E-state index contributed by atoms with van der Waals surface area (Å²) in [6, 6.07) is 11.3. The van der Waals surface area contributed by atoms with Crippen molar-refractivity contribution in [2.45, 2.75) is 25.3 Å². The molecule has 4 aromatic rings. The van der Waals surface area contributed by atoms with Crippen molar-refractivity contribution in [3.05, 3.63) is 59.5 Å². The molecule has 3 heterocycles. The van der Waals surface area contributed by atoms with Gasteiger partial charge >= 0.3 is 0 Å². The molecule has 0 N–H and O–H groups in total. The van der Waals surface area contributed by atoms with Gasteiger partial charge in [-0.3, -0.25) is 4.90 Å². The van der Waals surface area contributed by atoms with Gasteiger partial charge in [-0.1, -0.05) is 23.8 Å². The van der Waals surface area contributed by atoms with Crippen LogP contribution in [0.2, 0.25) is 0 Å². The number of nitrogens with zero attached hydrogens (tertiary/aromatic N) is 5. The normalized spacial score (nSPS) is 16.1. The molecule has 8 nitrogen and oxygen atoms in total. The van der Waals surface area contributed by atoms with Crippen molar-refractivity contribution in [2.24, 2.45) is 0 Å². The molecule has 0 radical (unpaired) electrons. The Balaban J connectivity index is 1.26. The molecule has 0 bridgehead atoms. The first-order valence-corrected chi connectivity index (χ1v) is 12.5. The molecule has 0 saturated carbocycles. The minimum atomic E-state index is -3.62.